The van der Waals surface area contributed by atoms with Gasteiger partial charge in [0.05, 0.1) is 0 Å². The van der Waals surface area contributed by atoms with Crippen molar-refractivity contribution in [1.82, 2.24) is 19.6 Å². The molecule has 0 aliphatic rings. The molecule has 4 nitrogen and oxygen atoms in total. The van der Waals surface area contributed by atoms with Crippen molar-refractivity contribution in [2.45, 2.75) is 6.18 Å². The number of hydrogen-bond acceptors (Lipinski definition) is 3. The second-order valence-electron chi connectivity index (χ2n) is 2.45. The van der Waals surface area contributed by atoms with E-state index in [1.54, 1.807) is 0 Å². The van der Waals surface area contributed by atoms with Crippen LogP contribution in [0.4, 0.5) is 13.2 Å². The Morgan fingerprint density at radius 3 is 2.71 bits per heavy atom. The fourth-order valence-corrected chi connectivity index (χ4v) is 1.19. The summed E-state index contributed by atoms with van der Waals surface area (Å²) in [5.74, 6) is -1.17. The number of alkyl halides is 3. The summed E-state index contributed by atoms with van der Waals surface area (Å²) in [6.07, 6.45) is -3.37. The molecule has 0 unspecified atom stereocenters. The molecule has 2 heterocycles. The topological polar surface area (TPSA) is 43.1 Å². The average molecular weight is 267 g/mol. The first kappa shape index (κ1) is 9.38. The van der Waals surface area contributed by atoms with E-state index in [1.165, 1.54) is 6.07 Å². The maximum absolute atomic E-state index is 12.2. The van der Waals surface area contributed by atoms with Gasteiger partial charge in [-0.3, -0.25) is 0 Å². The zero-order valence-electron chi connectivity index (χ0n) is 6.46. The number of fused-ring (bicyclic) bond motifs is 1. The first-order valence-electron chi connectivity index (χ1n) is 3.42. The van der Waals surface area contributed by atoms with Gasteiger partial charge in [-0.2, -0.15) is 13.2 Å². The molecule has 0 fully saturated rings. The van der Waals surface area contributed by atoms with Crippen molar-refractivity contribution in [3.63, 3.8) is 0 Å². The number of nitrogens with zero attached hydrogens (tertiary/aromatic N) is 4. The van der Waals surface area contributed by atoms with Crippen LogP contribution in [-0.2, 0) is 6.18 Å². The van der Waals surface area contributed by atoms with Crippen LogP contribution in [0, 0.1) is 0 Å². The molecule has 2 aromatic heterocycles. The summed E-state index contributed by atoms with van der Waals surface area (Å²) in [5, 5.41) is 3.22. The highest BCUT2D eigenvalue weighted by Gasteiger charge is 2.36. The lowest BCUT2D eigenvalue weighted by Crippen LogP contribution is -2.07. The molecule has 0 spiro atoms. The Kier molecular flexibility index (Phi) is 1.95. The van der Waals surface area contributed by atoms with E-state index in [1.807, 2.05) is 0 Å². The smallest absolute Gasteiger partial charge is 0.229 e. The summed E-state index contributed by atoms with van der Waals surface area (Å²) in [6.45, 7) is 0. The molecule has 0 N–H and O–H groups in total. The van der Waals surface area contributed by atoms with Crippen molar-refractivity contribution in [3.8, 4) is 0 Å². The van der Waals surface area contributed by atoms with Crippen LogP contribution in [-0.4, -0.2) is 19.6 Å². The number of aromatic nitrogens is 4. The van der Waals surface area contributed by atoms with Crippen molar-refractivity contribution in [1.29, 1.82) is 0 Å². The molecule has 0 bridgehead atoms. The van der Waals surface area contributed by atoms with Crippen molar-refractivity contribution in [2.75, 3.05) is 0 Å². The van der Waals surface area contributed by atoms with Crippen LogP contribution in [0.25, 0.3) is 5.65 Å². The minimum absolute atomic E-state index is 0.0965. The molecule has 0 aliphatic heterocycles. The summed E-state index contributed by atoms with van der Waals surface area (Å²) in [5.41, 5.74) is 0.0965. The van der Waals surface area contributed by atoms with E-state index in [0.29, 0.717) is 4.60 Å². The van der Waals surface area contributed by atoms with Crippen LogP contribution >= 0.6 is 15.9 Å². The normalized spacial score (nSPS) is 12.3. The molecule has 0 amide bonds. The maximum Gasteiger partial charge on any atom is 0.453 e. The highest BCUT2D eigenvalue weighted by molar-refractivity contribution is 9.10. The molecule has 0 aromatic carbocycles. The number of halogens is 4. The third-order valence-corrected chi connectivity index (χ3v) is 1.88. The van der Waals surface area contributed by atoms with E-state index < -0.39 is 12.0 Å². The van der Waals surface area contributed by atoms with Gasteiger partial charge in [-0.1, -0.05) is 0 Å². The first-order valence-corrected chi connectivity index (χ1v) is 4.21. The second kappa shape index (κ2) is 2.91. The standard InChI is InChI=1S/C6H2BrF3N4/c7-3-1-4-12-5(6(8,9)10)13-14(4)2-11-3/h1-2H. The molecule has 0 saturated carbocycles. The third-order valence-electron chi connectivity index (χ3n) is 1.45. The van der Waals surface area contributed by atoms with E-state index >= 15 is 0 Å². The third kappa shape index (κ3) is 1.57. The molecular formula is C6H2BrF3N4. The average Bonchev–Trinajstić information content (AvgIpc) is 2.45. The van der Waals surface area contributed by atoms with E-state index in [4.69, 9.17) is 0 Å². The van der Waals surface area contributed by atoms with Crippen molar-refractivity contribution >= 4 is 21.6 Å². The fourth-order valence-electron chi connectivity index (χ4n) is 0.892. The van der Waals surface area contributed by atoms with Crippen LogP contribution in [0.15, 0.2) is 17.0 Å². The van der Waals surface area contributed by atoms with Gasteiger partial charge < -0.3 is 0 Å². The largest absolute Gasteiger partial charge is 0.453 e. The molecule has 2 aromatic rings. The maximum atomic E-state index is 12.2. The highest BCUT2D eigenvalue weighted by atomic mass is 79.9. The van der Waals surface area contributed by atoms with Gasteiger partial charge in [0.1, 0.15) is 10.9 Å². The van der Waals surface area contributed by atoms with Crippen LogP contribution in [0.5, 0.6) is 0 Å². The predicted molar refractivity (Wildman–Crippen MR) is 43.5 cm³/mol. The van der Waals surface area contributed by atoms with Gasteiger partial charge >= 0.3 is 6.18 Å². The predicted octanol–water partition coefficient (Wildman–Crippen LogP) is 1.91. The van der Waals surface area contributed by atoms with Gasteiger partial charge in [0.15, 0.2) is 5.65 Å². The molecule has 0 saturated heterocycles. The lowest BCUT2D eigenvalue weighted by molar-refractivity contribution is -0.144. The summed E-state index contributed by atoms with van der Waals surface area (Å²) in [6, 6.07) is 1.35. The Balaban J connectivity index is 2.63. The Bertz CT molecular complexity index is 477. The molecular weight excluding hydrogens is 265 g/mol. The van der Waals surface area contributed by atoms with E-state index in [2.05, 4.69) is 31.0 Å². The molecule has 14 heavy (non-hydrogen) atoms. The fraction of sp³-hybridized carbons (Fsp3) is 0.167. The Labute approximate surface area is 83.9 Å². The van der Waals surface area contributed by atoms with Crippen LogP contribution in [0.3, 0.4) is 0 Å². The van der Waals surface area contributed by atoms with Gasteiger partial charge in [-0.15, -0.1) is 5.10 Å². The van der Waals surface area contributed by atoms with Crippen LogP contribution < -0.4 is 0 Å². The Hall–Kier alpha value is -1.18. The van der Waals surface area contributed by atoms with Crippen LogP contribution in [0.1, 0.15) is 5.82 Å². The lowest BCUT2D eigenvalue weighted by Gasteiger charge is -1.96. The summed E-state index contributed by atoms with van der Waals surface area (Å²) >= 11 is 3.02. The van der Waals surface area contributed by atoms with E-state index in [9.17, 15) is 13.2 Å². The zero-order valence-corrected chi connectivity index (χ0v) is 8.04. The molecule has 0 atom stereocenters. The monoisotopic (exact) mass is 266 g/mol. The molecule has 2 rings (SSSR count). The van der Waals surface area contributed by atoms with Gasteiger partial charge in [0.25, 0.3) is 5.82 Å². The molecule has 0 aliphatic carbocycles. The van der Waals surface area contributed by atoms with E-state index in [-0.39, 0.29) is 5.65 Å². The quantitative estimate of drug-likeness (QED) is 0.685. The van der Waals surface area contributed by atoms with Crippen molar-refractivity contribution in [3.05, 3.63) is 22.8 Å². The van der Waals surface area contributed by atoms with Gasteiger partial charge in [0.2, 0.25) is 0 Å². The minimum Gasteiger partial charge on any atom is -0.229 e. The van der Waals surface area contributed by atoms with Crippen molar-refractivity contribution in [2.24, 2.45) is 0 Å². The number of rotatable bonds is 0. The second-order valence-corrected chi connectivity index (χ2v) is 3.26. The molecule has 0 radical (unpaired) electrons. The molecule has 74 valence electrons. The Morgan fingerprint density at radius 2 is 2.07 bits per heavy atom. The van der Waals surface area contributed by atoms with Crippen LogP contribution in [0.2, 0.25) is 0 Å². The number of hydrogen-bond donors (Lipinski definition) is 0. The van der Waals surface area contributed by atoms with Gasteiger partial charge in [0, 0.05) is 6.07 Å². The van der Waals surface area contributed by atoms with Gasteiger partial charge in [-0.05, 0) is 15.9 Å². The summed E-state index contributed by atoms with van der Waals surface area (Å²) in [4.78, 5) is 7.01. The Morgan fingerprint density at radius 1 is 1.36 bits per heavy atom. The van der Waals surface area contributed by atoms with E-state index in [0.717, 1.165) is 10.8 Å². The van der Waals surface area contributed by atoms with Gasteiger partial charge in [-0.25, -0.2) is 14.5 Å². The SMILES string of the molecule is FC(F)(F)c1nc2cc(Br)ncn2n1. The van der Waals surface area contributed by atoms with Crippen molar-refractivity contribution < 1.29 is 13.2 Å². The molecule has 8 heteroatoms. The first-order chi connectivity index (χ1) is 6.47. The summed E-state index contributed by atoms with van der Waals surface area (Å²) < 4.78 is 37.8. The zero-order chi connectivity index (χ0) is 10.3. The lowest BCUT2D eigenvalue weighted by atomic mass is 10.6. The summed E-state index contributed by atoms with van der Waals surface area (Å²) in [7, 11) is 0. The minimum atomic E-state index is -4.53. The highest BCUT2D eigenvalue weighted by Crippen LogP contribution is 2.26.